The lowest BCUT2D eigenvalue weighted by molar-refractivity contribution is 0.109. The molecule has 1 aliphatic heterocycles. The molecule has 1 fully saturated rings. The molecule has 2 rings (SSSR count). The zero-order valence-corrected chi connectivity index (χ0v) is 11.2. The summed E-state index contributed by atoms with van der Waals surface area (Å²) in [7, 11) is 0. The van der Waals surface area contributed by atoms with Crippen LogP contribution in [-0.2, 0) is 0 Å². The fourth-order valence-corrected chi connectivity index (χ4v) is 2.55. The Bertz CT molecular complexity index is 393. The van der Waals surface area contributed by atoms with Crippen LogP contribution in [0.5, 0.6) is 0 Å². The summed E-state index contributed by atoms with van der Waals surface area (Å²) in [6.45, 7) is 4.48. The molecule has 0 radical (unpaired) electrons. The van der Waals surface area contributed by atoms with Gasteiger partial charge in [-0.1, -0.05) is 23.7 Å². The normalized spacial score (nSPS) is 25.5. The third-order valence-electron chi connectivity index (χ3n) is 3.34. The Labute approximate surface area is 108 Å². The Kier molecular flexibility index (Phi) is 4.06. The molecule has 1 saturated heterocycles. The molecule has 1 aromatic rings. The van der Waals surface area contributed by atoms with E-state index in [1.807, 2.05) is 30.5 Å². The van der Waals surface area contributed by atoms with Crippen LogP contribution in [0.15, 0.2) is 29.4 Å². The zero-order chi connectivity index (χ0) is 12.3. The van der Waals surface area contributed by atoms with Crippen LogP contribution >= 0.6 is 11.6 Å². The molecule has 0 N–H and O–H groups in total. The molecule has 0 bridgehead atoms. The van der Waals surface area contributed by atoms with Crippen LogP contribution in [0.25, 0.3) is 0 Å². The Morgan fingerprint density at radius 1 is 1.29 bits per heavy atom. The van der Waals surface area contributed by atoms with Gasteiger partial charge < -0.3 is 0 Å². The number of piperidine rings is 1. The van der Waals surface area contributed by atoms with Crippen LogP contribution < -0.4 is 0 Å². The van der Waals surface area contributed by atoms with Crippen molar-refractivity contribution >= 4 is 17.8 Å². The van der Waals surface area contributed by atoms with Crippen molar-refractivity contribution in [2.75, 3.05) is 0 Å². The lowest BCUT2D eigenvalue weighted by Crippen LogP contribution is -2.39. The van der Waals surface area contributed by atoms with Gasteiger partial charge in [0.05, 0.1) is 6.21 Å². The number of nitrogens with zero attached hydrogens (tertiary/aromatic N) is 2. The van der Waals surface area contributed by atoms with Crippen molar-refractivity contribution in [3.05, 3.63) is 34.9 Å². The predicted octanol–water partition coefficient (Wildman–Crippen LogP) is 3.94. The van der Waals surface area contributed by atoms with Crippen LogP contribution in [0.2, 0.25) is 5.02 Å². The second-order valence-electron chi connectivity index (χ2n) is 4.81. The number of halogens is 1. The van der Waals surface area contributed by atoms with Crippen LogP contribution in [-0.4, -0.2) is 23.3 Å². The average molecular weight is 251 g/mol. The van der Waals surface area contributed by atoms with Gasteiger partial charge in [-0.3, -0.25) is 5.01 Å². The summed E-state index contributed by atoms with van der Waals surface area (Å²) in [5, 5.41) is 7.58. The summed E-state index contributed by atoms with van der Waals surface area (Å²) in [5.41, 5.74) is 1.06. The molecule has 1 aliphatic rings. The van der Waals surface area contributed by atoms with E-state index in [1.54, 1.807) is 0 Å². The third kappa shape index (κ3) is 3.22. The van der Waals surface area contributed by atoms with Crippen molar-refractivity contribution in [2.24, 2.45) is 5.10 Å². The highest BCUT2D eigenvalue weighted by Crippen LogP contribution is 2.22. The first-order chi connectivity index (χ1) is 8.16. The summed E-state index contributed by atoms with van der Waals surface area (Å²) in [6, 6.07) is 8.86. The summed E-state index contributed by atoms with van der Waals surface area (Å²) in [5.74, 6) is 0. The van der Waals surface area contributed by atoms with Gasteiger partial charge >= 0.3 is 0 Å². The van der Waals surface area contributed by atoms with Gasteiger partial charge in [0.2, 0.25) is 0 Å². The Balaban J connectivity index is 2.08. The highest BCUT2D eigenvalue weighted by molar-refractivity contribution is 6.30. The van der Waals surface area contributed by atoms with E-state index in [0.717, 1.165) is 10.6 Å². The molecule has 0 amide bonds. The van der Waals surface area contributed by atoms with Crippen molar-refractivity contribution in [3.8, 4) is 0 Å². The van der Waals surface area contributed by atoms with Crippen LogP contribution in [0, 0.1) is 0 Å². The molecule has 0 unspecified atom stereocenters. The second kappa shape index (κ2) is 5.54. The van der Waals surface area contributed by atoms with E-state index in [9.17, 15) is 0 Å². The summed E-state index contributed by atoms with van der Waals surface area (Å²) >= 11 is 5.95. The van der Waals surface area contributed by atoms with Gasteiger partial charge in [0, 0.05) is 17.1 Å². The van der Waals surface area contributed by atoms with Crippen molar-refractivity contribution in [2.45, 2.75) is 45.2 Å². The van der Waals surface area contributed by atoms with Crippen molar-refractivity contribution in [1.82, 2.24) is 5.01 Å². The quantitative estimate of drug-likeness (QED) is 0.726. The molecule has 0 spiro atoms. The van der Waals surface area contributed by atoms with Gasteiger partial charge in [-0.15, -0.1) is 0 Å². The van der Waals surface area contributed by atoms with Gasteiger partial charge in [0.1, 0.15) is 0 Å². The number of benzene rings is 1. The first kappa shape index (κ1) is 12.4. The summed E-state index contributed by atoms with van der Waals surface area (Å²) in [4.78, 5) is 0. The molecule has 2 nitrogen and oxygen atoms in total. The summed E-state index contributed by atoms with van der Waals surface area (Å²) in [6.07, 6.45) is 5.68. The maximum Gasteiger partial charge on any atom is 0.0543 e. The Morgan fingerprint density at radius 3 is 2.65 bits per heavy atom. The lowest BCUT2D eigenvalue weighted by atomic mass is 10.00. The van der Waals surface area contributed by atoms with E-state index in [4.69, 9.17) is 11.6 Å². The van der Waals surface area contributed by atoms with Gasteiger partial charge in [-0.25, -0.2) is 0 Å². The number of rotatable bonds is 2. The summed E-state index contributed by atoms with van der Waals surface area (Å²) < 4.78 is 0. The van der Waals surface area contributed by atoms with Gasteiger partial charge in [0.25, 0.3) is 0 Å². The van der Waals surface area contributed by atoms with Crippen molar-refractivity contribution in [1.29, 1.82) is 0 Å². The van der Waals surface area contributed by atoms with E-state index >= 15 is 0 Å². The van der Waals surface area contributed by atoms with Crippen molar-refractivity contribution in [3.63, 3.8) is 0 Å². The fraction of sp³-hybridized carbons (Fsp3) is 0.500. The van der Waals surface area contributed by atoms with Gasteiger partial charge in [-0.05, 0) is 50.8 Å². The SMILES string of the molecule is C[C@@H]1CCC[C@H](C)N1/N=C\c1cccc(Cl)c1. The van der Waals surface area contributed by atoms with Crippen LogP contribution in [0.3, 0.4) is 0 Å². The molecule has 3 heteroatoms. The first-order valence-electron chi connectivity index (χ1n) is 6.24. The van der Waals surface area contributed by atoms with Crippen molar-refractivity contribution < 1.29 is 0 Å². The molecule has 92 valence electrons. The number of hydrazone groups is 1. The Hall–Kier alpha value is -1.02. The molecule has 2 atom stereocenters. The largest absolute Gasteiger partial charge is 0.292 e. The molecule has 17 heavy (non-hydrogen) atoms. The molecular formula is C14H19ClN2. The topological polar surface area (TPSA) is 15.6 Å². The lowest BCUT2D eigenvalue weighted by Gasteiger charge is -2.36. The third-order valence-corrected chi connectivity index (χ3v) is 3.57. The van der Waals surface area contributed by atoms with Crippen LogP contribution in [0.4, 0.5) is 0 Å². The van der Waals surface area contributed by atoms with E-state index in [0.29, 0.717) is 12.1 Å². The predicted molar refractivity (Wildman–Crippen MR) is 73.7 cm³/mol. The van der Waals surface area contributed by atoms with Crippen LogP contribution in [0.1, 0.15) is 38.7 Å². The van der Waals surface area contributed by atoms with E-state index in [1.165, 1.54) is 19.3 Å². The minimum absolute atomic E-state index is 0.536. The Morgan fingerprint density at radius 2 is 2.00 bits per heavy atom. The first-order valence-corrected chi connectivity index (χ1v) is 6.62. The van der Waals surface area contributed by atoms with Gasteiger partial charge in [0.15, 0.2) is 0 Å². The van der Waals surface area contributed by atoms with E-state index < -0.39 is 0 Å². The molecule has 1 aromatic carbocycles. The molecule has 1 heterocycles. The fourth-order valence-electron chi connectivity index (χ4n) is 2.36. The highest BCUT2D eigenvalue weighted by Gasteiger charge is 2.22. The van der Waals surface area contributed by atoms with E-state index in [-0.39, 0.29) is 0 Å². The minimum Gasteiger partial charge on any atom is -0.292 e. The minimum atomic E-state index is 0.536. The maximum absolute atomic E-state index is 5.95. The number of hydrogen-bond donors (Lipinski definition) is 0. The monoisotopic (exact) mass is 250 g/mol. The standard InChI is InChI=1S/C14H19ClN2/c1-11-5-3-6-12(2)17(11)16-10-13-7-4-8-14(15)9-13/h4,7-12H,3,5-6H2,1-2H3/b16-10-/t11-,12+. The second-order valence-corrected chi connectivity index (χ2v) is 5.24. The zero-order valence-electron chi connectivity index (χ0n) is 10.4. The molecular weight excluding hydrogens is 232 g/mol. The maximum atomic E-state index is 5.95. The number of hydrogen-bond acceptors (Lipinski definition) is 2. The van der Waals surface area contributed by atoms with E-state index in [2.05, 4.69) is 24.0 Å². The molecule has 0 aromatic heterocycles. The average Bonchev–Trinajstić information content (AvgIpc) is 2.28. The smallest absolute Gasteiger partial charge is 0.0543 e. The highest BCUT2D eigenvalue weighted by atomic mass is 35.5. The molecule has 0 saturated carbocycles. The molecule has 0 aliphatic carbocycles. The van der Waals surface area contributed by atoms with Gasteiger partial charge in [-0.2, -0.15) is 5.10 Å².